The van der Waals surface area contributed by atoms with Gasteiger partial charge in [0.15, 0.2) is 0 Å². The molecule has 0 saturated carbocycles. The summed E-state index contributed by atoms with van der Waals surface area (Å²) in [6.07, 6.45) is 1.18. The first kappa shape index (κ1) is 16.7. The standard InChI is InChI=1S/C19H19ClN2O2/c1-24-15-7-4-13(5-8-15)18(23)12-21-11-14-6-9-17(20)16-3-2-10-22-19(14)16/h2-10,18,21,23H,11-12H2,1H3. The third-order valence-electron chi connectivity index (χ3n) is 3.95. The van der Waals surface area contributed by atoms with Crippen LogP contribution in [0, 0.1) is 0 Å². The van der Waals surface area contributed by atoms with Gasteiger partial charge in [-0.3, -0.25) is 4.98 Å². The van der Waals surface area contributed by atoms with E-state index < -0.39 is 6.10 Å². The maximum absolute atomic E-state index is 10.3. The second-order valence-electron chi connectivity index (χ2n) is 5.53. The van der Waals surface area contributed by atoms with E-state index in [9.17, 15) is 5.11 Å². The highest BCUT2D eigenvalue weighted by Gasteiger charge is 2.09. The molecule has 3 aromatic rings. The zero-order valence-corrected chi connectivity index (χ0v) is 14.1. The SMILES string of the molecule is COc1ccc(C(O)CNCc2ccc(Cl)c3cccnc23)cc1. The number of fused-ring (bicyclic) bond motifs is 1. The van der Waals surface area contributed by atoms with Gasteiger partial charge >= 0.3 is 0 Å². The van der Waals surface area contributed by atoms with Crippen LogP contribution in [0.4, 0.5) is 0 Å². The smallest absolute Gasteiger partial charge is 0.118 e. The summed E-state index contributed by atoms with van der Waals surface area (Å²) in [5, 5.41) is 15.2. The molecule has 0 saturated heterocycles. The first-order valence-corrected chi connectivity index (χ1v) is 8.11. The molecule has 0 spiro atoms. The molecule has 0 fully saturated rings. The average molecular weight is 343 g/mol. The van der Waals surface area contributed by atoms with Crippen molar-refractivity contribution in [2.75, 3.05) is 13.7 Å². The Morgan fingerprint density at radius 3 is 2.71 bits per heavy atom. The van der Waals surface area contributed by atoms with E-state index in [2.05, 4.69) is 10.3 Å². The molecule has 5 heteroatoms. The van der Waals surface area contributed by atoms with Crippen LogP contribution >= 0.6 is 11.6 Å². The van der Waals surface area contributed by atoms with Crippen LogP contribution in [-0.2, 0) is 6.54 Å². The van der Waals surface area contributed by atoms with Crippen molar-refractivity contribution >= 4 is 22.5 Å². The van der Waals surface area contributed by atoms with Crippen molar-refractivity contribution in [3.63, 3.8) is 0 Å². The zero-order chi connectivity index (χ0) is 16.9. The summed E-state index contributed by atoms with van der Waals surface area (Å²) in [6, 6.07) is 15.1. The summed E-state index contributed by atoms with van der Waals surface area (Å²) in [5.41, 5.74) is 2.79. The maximum Gasteiger partial charge on any atom is 0.118 e. The Morgan fingerprint density at radius 1 is 1.17 bits per heavy atom. The molecule has 0 bridgehead atoms. The minimum Gasteiger partial charge on any atom is -0.497 e. The highest BCUT2D eigenvalue weighted by molar-refractivity contribution is 6.35. The number of nitrogens with zero attached hydrogens (tertiary/aromatic N) is 1. The van der Waals surface area contributed by atoms with Crippen molar-refractivity contribution in [3.8, 4) is 5.75 Å². The van der Waals surface area contributed by atoms with Crippen LogP contribution in [0.15, 0.2) is 54.7 Å². The number of pyridine rings is 1. The lowest BCUT2D eigenvalue weighted by Gasteiger charge is -2.14. The Morgan fingerprint density at radius 2 is 1.96 bits per heavy atom. The molecule has 2 N–H and O–H groups in total. The van der Waals surface area contributed by atoms with Gasteiger partial charge in [-0.25, -0.2) is 0 Å². The lowest BCUT2D eigenvalue weighted by atomic mass is 10.1. The fraction of sp³-hybridized carbons (Fsp3) is 0.211. The number of halogens is 1. The van der Waals surface area contributed by atoms with E-state index >= 15 is 0 Å². The molecule has 0 aliphatic carbocycles. The van der Waals surface area contributed by atoms with Crippen molar-refractivity contribution in [2.45, 2.75) is 12.6 Å². The summed E-state index contributed by atoms with van der Waals surface area (Å²) in [4.78, 5) is 4.42. The molecule has 1 atom stereocenters. The summed E-state index contributed by atoms with van der Waals surface area (Å²) in [5.74, 6) is 0.776. The number of benzene rings is 2. The van der Waals surface area contributed by atoms with Gasteiger partial charge in [-0.2, -0.15) is 0 Å². The summed E-state index contributed by atoms with van der Waals surface area (Å²) >= 11 is 6.21. The van der Waals surface area contributed by atoms with Crippen LogP contribution < -0.4 is 10.1 Å². The van der Waals surface area contributed by atoms with Gasteiger partial charge in [-0.1, -0.05) is 29.8 Å². The molecule has 0 aliphatic heterocycles. The van der Waals surface area contributed by atoms with Crippen molar-refractivity contribution in [3.05, 3.63) is 70.9 Å². The highest BCUT2D eigenvalue weighted by atomic mass is 35.5. The number of ether oxygens (including phenoxy) is 1. The fourth-order valence-electron chi connectivity index (χ4n) is 2.63. The third kappa shape index (κ3) is 3.67. The maximum atomic E-state index is 10.3. The van der Waals surface area contributed by atoms with E-state index in [1.165, 1.54) is 0 Å². The van der Waals surface area contributed by atoms with E-state index in [0.29, 0.717) is 18.1 Å². The molecule has 0 aliphatic rings. The highest BCUT2D eigenvalue weighted by Crippen LogP contribution is 2.24. The number of aromatic nitrogens is 1. The summed E-state index contributed by atoms with van der Waals surface area (Å²) in [6.45, 7) is 1.06. The third-order valence-corrected chi connectivity index (χ3v) is 4.28. The van der Waals surface area contributed by atoms with Gasteiger partial charge in [0.25, 0.3) is 0 Å². The fourth-order valence-corrected chi connectivity index (χ4v) is 2.84. The second kappa shape index (κ2) is 7.62. The van der Waals surface area contributed by atoms with Crippen molar-refractivity contribution in [1.29, 1.82) is 0 Å². The average Bonchev–Trinajstić information content (AvgIpc) is 2.64. The van der Waals surface area contributed by atoms with Gasteiger partial charge in [-0.15, -0.1) is 0 Å². The lowest BCUT2D eigenvalue weighted by Crippen LogP contribution is -2.21. The second-order valence-corrected chi connectivity index (χ2v) is 5.93. The number of rotatable bonds is 6. The molecule has 1 unspecified atom stereocenters. The van der Waals surface area contributed by atoms with Gasteiger partial charge < -0.3 is 15.2 Å². The summed E-state index contributed by atoms with van der Waals surface area (Å²) < 4.78 is 5.12. The van der Waals surface area contributed by atoms with E-state index in [1.54, 1.807) is 13.3 Å². The Bertz CT molecular complexity index is 821. The normalized spacial score (nSPS) is 12.3. The molecule has 3 rings (SSSR count). The molecular weight excluding hydrogens is 324 g/mol. The minimum absolute atomic E-state index is 0.448. The van der Waals surface area contributed by atoms with Crippen LogP contribution in [0.25, 0.3) is 10.9 Å². The number of hydrogen-bond donors (Lipinski definition) is 2. The van der Waals surface area contributed by atoms with Crippen molar-refractivity contribution in [2.24, 2.45) is 0 Å². The molecule has 124 valence electrons. The molecule has 0 radical (unpaired) electrons. The molecule has 2 aromatic carbocycles. The molecule has 24 heavy (non-hydrogen) atoms. The number of hydrogen-bond acceptors (Lipinski definition) is 4. The first-order valence-electron chi connectivity index (χ1n) is 7.74. The van der Waals surface area contributed by atoms with Gasteiger partial charge in [0, 0.05) is 29.7 Å². The largest absolute Gasteiger partial charge is 0.497 e. The van der Waals surface area contributed by atoms with Crippen molar-refractivity contribution < 1.29 is 9.84 Å². The van der Waals surface area contributed by atoms with Crippen LogP contribution in [0.3, 0.4) is 0 Å². The van der Waals surface area contributed by atoms with Gasteiger partial charge in [0.1, 0.15) is 5.75 Å². The van der Waals surface area contributed by atoms with Gasteiger partial charge in [0.05, 0.1) is 18.7 Å². The number of nitrogens with one attached hydrogen (secondary N) is 1. The molecular formula is C19H19ClN2O2. The first-order chi connectivity index (χ1) is 11.7. The number of aliphatic hydroxyl groups is 1. The van der Waals surface area contributed by atoms with E-state index in [0.717, 1.165) is 27.8 Å². The Hall–Kier alpha value is -2.14. The van der Waals surface area contributed by atoms with Crippen LogP contribution in [0.5, 0.6) is 5.75 Å². The Balaban J connectivity index is 1.65. The topological polar surface area (TPSA) is 54.4 Å². The molecule has 1 aromatic heterocycles. The van der Waals surface area contributed by atoms with Crippen LogP contribution in [-0.4, -0.2) is 23.7 Å². The quantitative estimate of drug-likeness (QED) is 0.717. The number of aliphatic hydroxyl groups excluding tert-OH is 1. The summed E-state index contributed by atoms with van der Waals surface area (Å²) in [7, 11) is 1.62. The molecule has 1 heterocycles. The predicted octanol–water partition coefficient (Wildman–Crippen LogP) is 3.72. The van der Waals surface area contributed by atoms with Crippen LogP contribution in [0.2, 0.25) is 5.02 Å². The molecule has 4 nitrogen and oxygen atoms in total. The Labute approximate surface area is 146 Å². The Kier molecular flexibility index (Phi) is 5.30. The van der Waals surface area contributed by atoms with Gasteiger partial charge in [0.2, 0.25) is 0 Å². The monoisotopic (exact) mass is 342 g/mol. The lowest BCUT2D eigenvalue weighted by molar-refractivity contribution is 0.174. The van der Waals surface area contributed by atoms with Gasteiger partial charge in [-0.05, 0) is 41.5 Å². The van der Waals surface area contributed by atoms with E-state index in [1.807, 2.05) is 48.5 Å². The van der Waals surface area contributed by atoms with E-state index in [4.69, 9.17) is 16.3 Å². The molecule has 0 amide bonds. The predicted molar refractivity (Wildman–Crippen MR) is 96.4 cm³/mol. The van der Waals surface area contributed by atoms with Crippen LogP contribution in [0.1, 0.15) is 17.2 Å². The zero-order valence-electron chi connectivity index (χ0n) is 13.4. The van der Waals surface area contributed by atoms with Crippen molar-refractivity contribution in [1.82, 2.24) is 10.3 Å². The van der Waals surface area contributed by atoms with E-state index in [-0.39, 0.29) is 0 Å². The minimum atomic E-state index is -0.581. The number of methoxy groups -OCH3 is 1.